The SMILES string of the molecule is CC[C@H]1C[N+]2(C)CC[C@]3(C(=O)N(C)c4ccccc43)C2C[C@@H]1/C(=C\OC)C(=O)OC. The van der Waals surface area contributed by atoms with Crippen molar-refractivity contribution in [2.75, 3.05) is 46.3 Å². The summed E-state index contributed by atoms with van der Waals surface area (Å²) in [6.07, 6.45) is 4.14. The van der Waals surface area contributed by atoms with Crippen molar-refractivity contribution >= 4 is 17.6 Å². The molecular weight excluding hydrogens is 380 g/mol. The Kier molecular flexibility index (Phi) is 5.17. The maximum atomic E-state index is 13.7. The van der Waals surface area contributed by atoms with Gasteiger partial charge < -0.3 is 18.9 Å². The first-order chi connectivity index (χ1) is 14.3. The topological polar surface area (TPSA) is 55.8 Å². The highest BCUT2D eigenvalue weighted by atomic mass is 16.5. The number of hydrogen-bond donors (Lipinski definition) is 0. The highest BCUT2D eigenvalue weighted by Gasteiger charge is 2.67. The number of ether oxygens (including phenoxy) is 2. The quantitative estimate of drug-likeness (QED) is 0.330. The third-order valence-electron chi connectivity index (χ3n) is 8.06. The number of benzene rings is 1. The number of fused-ring (bicyclic) bond motifs is 4. The van der Waals surface area contributed by atoms with Gasteiger partial charge in [0.25, 0.3) is 0 Å². The second kappa shape index (κ2) is 7.41. The average molecular weight is 414 g/mol. The molecule has 6 heteroatoms. The number of quaternary nitrogens is 1. The van der Waals surface area contributed by atoms with E-state index in [0.717, 1.165) is 48.1 Å². The van der Waals surface area contributed by atoms with Crippen molar-refractivity contribution in [1.29, 1.82) is 0 Å². The van der Waals surface area contributed by atoms with E-state index >= 15 is 0 Å². The van der Waals surface area contributed by atoms with Gasteiger partial charge in [0.05, 0.1) is 46.2 Å². The Morgan fingerprint density at radius 3 is 2.73 bits per heavy atom. The number of esters is 1. The summed E-state index contributed by atoms with van der Waals surface area (Å²) in [4.78, 5) is 28.2. The van der Waals surface area contributed by atoms with E-state index in [4.69, 9.17) is 9.47 Å². The molecule has 3 aliphatic heterocycles. The Bertz CT molecular complexity index is 897. The van der Waals surface area contributed by atoms with E-state index in [1.165, 1.54) is 7.11 Å². The summed E-state index contributed by atoms with van der Waals surface area (Å²) in [5.74, 6) is 0.212. The van der Waals surface area contributed by atoms with Gasteiger partial charge in [-0.05, 0) is 18.1 Å². The molecule has 30 heavy (non-hydrogen) atoms. The zero-order chi connectivity index (χ0) is 21.7. The average Bonchev–Trinajstić information content (AvgIpc) is 3.18. The van der Waals surface area contributed by atoms with E-state index in [1.807, 2.05) is 30.1 Å². The normalized spacial score (nSPS) is 35.4. The number of carbonyl (C=O) groups excluding carboxylic acids is 2. The van der Waals surface area contributed by atoms with Gasteiger partial charge in [0.1, 0.15) is 11.5 Å². The zero-order valence-electron chi connectivity index (χ0n) is 18.7. The molecule has 4 rings (SSSR count). The smallest absolute Gasteiger partial charge is 0.337 e. The number of para-hydroxylation sites is 1. The Morgan fingerprint density at radius 1 is 1.33 bits per heavy atom. The number of methoxy groups -OCH3 is 2. The summed E-state index contributed by atoms with van der Waals surface area (Å²) >= 11 is 0. The second-order valence-corrected chi connectivity index (χ2v) is 9.32. The maximum Gasteiger partial charge on any atom is 0.337 e. The molecule has 1 aromatic rings. The molecule has 0 saturated carbocycles. The first-order valence-electron chi connectivity index (χ1n) is 10.9. The molecule has 6 nitrogen and oxygen atoms in total. The number of nitrogens with zero attached hydrogens (tertiary/aromatic N) is 2. The largest absolute Gasteiger partial charge is 0.504 e. The van der Waals surface area contributed by atoms with E-state index in [0.29, 0.717) is 11.5 Å². The number of piperidine rings is 1. The molecule has 2 unspecified atom stereocenters. The Labute approximate surface area is 179 Å². The van der Waals surface area contributed by atoms with Crippen LogP contribution in [0, 0.1) is 11.8 Å². The minimum Gasteiger partial charge on any atom is -0.504 e. The van der Waals surface area contributed by atoms with Crippen molar-refractivity contribution in [3.05, 3.63) is 41.7 Å². The standard InChI is InChI=1S/C24H33N2O4/c1-6-16-14-26(3)12-11-24(19-9-7-8-10-20(19)25(2)23(24)28)21(26)13-17(16)18(15-29-4)22(27)30-5/h7-10,15-17,21H,6,11-14H2,1-5H3/q+1/b18-15+/t16-,17-,21?,24+,26?/m0/s1. The van der Waals surface area contributed by atoms with Gasteiger partial charge in [-0.3, -0.25) is 4.79 Å². The summed E-state index contributed by atoms with van der Waals surface area (Å²) in [6, 6.07) is 8.33. The van der Waals surface area contributed by atoms with Gasteiger partial charge in [-0.25, -0.2) is 4.79 Å². The van der Waals surface area contributed by atoms with E-state index < -0.39 is 5.41 Å². The minimum atomic E-state index is -0.522. The van der Waals surface area contributed by atoms with Crippen molar-refractivity contribution in [2.24, 2.45) is 11.8 Å². The maximum absolute atomic E-state index is 13.7. The van der Waals surface area contributed by atoms with Gasteiger partial charge in [-0.15, -0.1) is 0 Å². The van der Waals surface area contributed by atoms with Crippen LogP contribution in [0.25, 0.3) is 0 Å². The fourth-order valence-corrected chi connectivity index (χ4v) is 6.61. The number of likely N-dealkylation sites (N-methyl/N-ethyl adjacent to an activating group) is 2. The second-order valence-electron chi connectivity index (χ2n) is 9.32. The molecular formula is C24H33N2O4+. The van der Waals surface area contributed by atoms with Crippen LogP contribution in [0.1, 0.15) is 31.7 Å². The van der Waals surface area contributed by atoms with Crippen molar-refractivity contribution in [2.45, 2.75) is 37.6 Å². The minimum absolute atomic E-state index is 0.0134. The third kappa shape index (κ3) is 2.73. The lowest BCUT2D eigenvalue weighted by molar-refractivity contribution is -0.932. The summed E-state index contributed by atoms with van der Waals surface area (Å²) in [5, 5.41) is 0. The van der Waals surface area contributed by atoms with Crippen LogP contribution < -0.4 is 4.90 Å². The molecule has 162 valence electrons. The fraction of sp³-hybridized carbons (Fsp3) is 0.583. The van der Waals surface area contributed by atoms with E-state index in [2.05, 4.69) is 20.0 Å². The predicted octanol–water partition coefficient (Wildman–Crippen LogP) is 2.87. The summed E-state index contributed by atoms with van der Waals surface area (Å²) in [7, 11) is 7.16. The van der Waals surface area contributed by atoms with Gasteiger partial charge in [-0.1, -0.05) is 25.1 Å². The first-order valence-corrected chi connectivity index (χ1v) is 10.9. The molecule has 3 aliphatic rings. The van der Waals surface area contributed by atoms with Crippen LogP contribution >= 0.6 is 0 Å². The monoisotopic (exact) mass is 413 g/mol. The Balaban J connectivity index is 1.81. The van der Waals surface area contributed by atoms with E-state index in [1.54, 1.807) is 13.4 Å². The molecule has 0 bridgehead atoms. The molecule has 2 fully saturated rings. The van der Waals surface area contributed by atoms with E-state index in [-0.39, 0.29) is 23.8 Å². The third-order valence-corrected chi connectivity index (χ3v) is 8.06. The molecule has 0 N–H and O–H groups in total. The van der Waals surface area contributed by atoms with Crippen LogP contribution in [-0.2, 0) is 24.5 Å². The molecule has 0 radical (unpaired) electrons. The number of anilines is 1. The number of rotatable bonds is 4. The molecule has 0 aliphatic carbocycles. The van der Waals surface area contributed by atoms with Crippen molar-refractivity contribution in [1.82, 2.24) is 0 Å². The van der Waals surface area contributed by atoms with Gasteiger partial charge in [0.15, 0.2) is 0 Å². The predicted molar refractivity (Wildman–Crippen MR) is 115 cm³/mol. The van der Waals surface area contributed by atoms with Gasteiger partial charge in [-0.2, -0.15) is 0 Å². The van der Waals surface area contributed by atoms with Crippen molar-refractivity contribution in [3.63, 3.8) is 0 Å². The molecule has 5 atom stereocenters. The van der Waals surface area contributed by atoms with Crippen LogP contribution in [-0.4, -0.2) is 63.8 Å². The van der Waals surface area contributed by atoms with Gasteiger partial charge in [0, 0.05) is 37.4 Å². The first kappa shape index (κ1) is 20.9. The summed E-state index contributed by atoms with van der Waals surface area (Å²) in [5.41, 5.74) is 2.23. The van der Waals surface area contributed by atoms with Gasteiger partial charge in [0.2, 0.25) is 5.91 Å². The lowest BCUT2D eigenvalue weighted by atomic mass is 9.66. The highest BCUT2D eigenvalue weighted by molar-refractivity contribution is 6.08. The Morgan fingerprint density at radius 2 is 2.07 bits per heavy atom. The van der Waals surface area contributed by atoms with Crippen LogP contribution in [0.4, 0.5) is 5.69 Å². The van der Waals surface area contributed by atoms with Crippen LogP contribution in [0.2, 0.25) is 0 Å². The highest BCUT2D eigenvalue weighted by Crippen LogP contribution is 2.56. The molecule has 2 saturated heterocycles. The zero-order valence-corrected chi connectivity index (χ0v) is 18.7. The van der Waals surface area contributed by atoms with Crippen molar-refractivity contribution < 1.29 is 23.5 Å². The van der Waals surface area contributed by atoms with Crippen LogP contribution in [0.5, 0.6) is 0 Å². The molecule has 1 aromatic carbocycles. The molecule has 0 aromatic heterocycles. The van der Waals surface area contributed by atoms with Crippen LogP contribution in [0.3, 0.4) is 0 Å². The van der Waals surface area contributed by atoms with Crippen molar-refractivity contribution in [3.8, 4) is 0 Å². The number of hydrogen-bond acceptors (Lipinski definition) is 4. The summed E-state index contributed by atoms with van der Waals surface area (Å²) in [6.45, 7) is 4.11. The molecule has 3 heterocycles. The lowest BCUT2D eigenvalue weighted by Gasteiger charge is -2.49. The number of amides is 1. The molecule has 1 spiro atoms. The van der Waals surface area contributed by atoms with Gasteiger partial charge >= 0.3 is 5.97 Å². The lowest BCUT2D eigenvalue weighted by Crippen LogP contribution is -2.62. The van der Waals surface area contributed by atoms with Crippen LogP contribution in [0.15, 0.2) is 36.1 Å². The molecule has 1 amide bonds. The fourth-order valence-electron chi connectivity index (χ4n) is 6.61. The Hall–Kier alpha value is -2.34. The summed E-state index contributed by atoms with van der Waals surface area (Å²) < 4.78 is 11.2. The number of carbonyl (C=O) groups is 2. The van der Waals surface area contributed by atoms with E-state index in [9.17, 15) is 9.59 Å².